The second-order valence-electron chi connectivity index (χ2n) is 5.87. The molecule has 0 spiro atoms. The Morgan fingerprint density at radius 2 is 1.90 bits per heavy atom. The van der Waals surface area contributed by atoms with Crippen LogP contribution in [0.25, 0.3) is 6.08 Å². The van der Waals surface area contributed by atoms with Gasteiger partial charge in [-0.25, -0.2) is 0 Å². The number of hydrogen-bond donors (Lipinski definition) is 0. The first kappa shape index (κ1) is 13.2. The normalized spacial score (nSPS) is 19.8. The highest BCUT2D eigenvalue weighted by Crippen LogP contribution is 2.31. The minimum atomic E-state index is -0.170. The van der Waals surface area contributed by atoms with Gasteiger partial charge in [-0.3, -0.25) is 9.69 Å². The van der Waals surface area contributed by atoms with Crippen LogP contribution in [0.15, 0.2) is 46.6 Å². The van der Waals surface area contributed by atoms with Crippen molar-refractivity contribution in [1.29, 1.82) is 0 Å². The molecule has 0 atom stereocenters. The van der Waals surface area contributed by atoms with Gasteiger partial charge in [0.1, 0.15) is 5.70 Å². The zero-order valence-electron chi connectivity index (χ0n) is 11.8. The lowest BCUT2D eigenvalue weighted by Crippen LogP contribution is -2.14. The van der Waals surface area contributed by atoms with E-state index in [0.717, 1.165) is 10.7 Å². The van der Waals surface area contributed by atoms with Crippen molar-refractivity contribution in [3.63, 3.8) is 0 Å². The van der Waals surface area contributed by atoms with Crippen molar-refractivity contribution in [3.8, 4) is 0 Å². The predicted octanol–water partition coefficient (Wildman–Crippen LogP) is 3.74. The van der Waals surface area contributed by atoms with Crippen LogP contribution in [0.4, 0.5) is 0 Å². The van der Waals surface area contributed by atoms with Crippen LogP contribution in [-0.4, -0.2) is 16.0 Å². The molecule has 0 aromatic heterocycles. The van der Waals surface area contributed by atoms with E-state index in [1.807, 2.05) is 34.7 Å². The molecule has 2 heterocycles. The Kier molecular flexibility index (Phi) is 3.05. The second kappa shape index (κ2) is 4.63. The van der Waals surface area contributed by atoms with Crippen molar-refractivity contribution in [2.75, 3.05) is 0 Å². The van der Waals surface area contributed by atoms with E-state index in [2.05, 4.69) is 37.9 Å². The number of amidine groups is 1. The lowest BCUT2D eigenvalue weighted by Gasteiger charge is -2.19. The molecular weight excluding hydrogens is 268 g/mol. The maximum atomic E-state index is 11.9. The minimum Gasteiger partial charge on any atom is -0.290 e. The number of carbonyl (C=O) groups is 1. The molecule has 0 unspecified atom stereocenters. The third-order valence-corrected chi connectivity index (χ3v) is 4.10. The number of hydrogen-bond acceptors (Lipinski definition) is 3. The molecule has 0 saturated carbocycles. The number of benzene rings is 1. The van der Waals surface area contributed by atoms with E-state index < -0.39 is 0 Å². The van der Waals surface area contributed by atoms with Crippen LogP contribution in [0.5, 0.6) is 0 Å². The Morgan fingerprint density at radius 1 is 1.20 bits per heavy atom. The van der Waals surface area contributed by atoms with Crippen molar-refractivity contribution in [2.24, 2.45) is 4.99 Å². The Bertz CT molecular complexity index is 648. The summed E-state index contributed by atoms with van der Waals surface area (Å²) in [6, 6.07) is 8.32. The largest absolute Gasteiger partial charge is 0.296 e. The first-order valence-corrected chi connectivity index (χ1v) is 7.41. The summed E-state index contributed by atoms with van der Waals surface area (Å²) in [6.45, 7) is 6.56. The number of amides is 1. The summed E-state index contributed by atoms with van der Waals surface area (Å²) < 4.78 is 0. The quantitative estimate of drug-likeness (QED) is 0.736. The predicted molar refractivity (Wildman–Crippen MR) is 84.1 cm³/mol. The molecule has 1 aromatic carbocycles. The molecule has 0 N–H and O–H groups in total. The highest BCUT2D eigenvalue weighted by atomic mass is 32.2. The van der Waals surface area contributed by atoms with E-state index in [0.29, 0.717) is 5.70 Å². The number of fused-ring (bicyclic) bond motifs is 1. The molecule has 102 valence electrons. The van der Waals surface area contributed by atoms with Crippen molar-refractivity contribution in [3.05, 3.63) is 52.7 Å². The average Bonchev–Trinajstić information content (AvgIpc) is 2.92. The summed E-state index contributed by atoms with van der Waals surface area (Å²) >= 11 is 1.47. The molecule has 2 aliphatic heterocycles. The Morgan fingerprint density at radius 3 is 2.55 bits per heavy atom. The van der Waals surface area contributed by atoms with Gasteiger partial charge in [0.2, 0.25) is 0 Å². The van der Waals surface area contributed by atoms with Gasteiger partial charge in [0.15, 0.2) is 5.17 Å². The van der Waals surface area contributed by atoms with E-state index in [4.69, 9.17) is 0 Å². The number of aliphatic imine (C=N–C) groups is 1. The fourth-order valence-electron chi connectivity index (χ4n) is 2.15. The van der Waals surface area contributed by atoms with Gasteiger partial charge in [-0.2, -0.15) is 4.99 Å². The molecule has 0 aliphatic carbocycles. The summed E-state index contributed by atoms with van der Waals surface area (Å²) in [4.78, 5) is 17.7. The Hall–Kier alpha value is -1.81. The van der Waals surface area contributed by atoms with Crippen molar-refractivity contribution < 1.29 is 4.79 Å². The lowest BCUT2D eigenvalue weighted by atomic mass is 9.87. The van der Waals surface area contributed by atoms with Crippen LogP contribution >= 0.6 is 11.8 Å². The van der Waals surface area contributed by atoms with Crippen LogP contribution in [0.2, 0.25) is 0 Å². The van der Waals surface area contributed by atoms with Crippen LogP contribution in [0.1, 0.15) is 31.9 Å². The number of rotatable bonds is 1. The van der Waals surface area contributed by atoms with Gasteiger partial charge in [0, 0.05) is 6.20 Å². The van der Waals surface area contributed by atoms with Gasteiger partial charge in [0.25, 0.3) is 5.91 Å². The molecule has 0 radical (unpaired) electrons. The number of nitrogens with zero attached hydrogens (tertiary/aromatic N) is 2. The zero-order chi connectivity index (χ0) is 14.3. The van der Waals surface area contributed by atoms with Crippen LogP contribution in [-0.2, 0) is 10.2 Å². The highest BCUT2D eigenvalue weighted by Gasteiger charge is 2.30. The Balaban J connectivity index is 1.89. The number of carbonyl (C=O) groups excluding carboxylic acids is 1. The maximum absolute atomic E-state index is 11.9. The molecule has 2 aliphatic rings. The second-order valence-corrected chi connectivity index (χ2v) is 6.75. The van der Waals surface area contributed by atoms with Gasteiger partial charge in [0.05, 0.1) is 0 Å². The van der Waals surface area contributed by atoms with E-state index in [1.54, 1.807) is 0 Å². The monoisotopic (exact) mass is 284 g/mol. The first-order chi connectivity index (χ1) is 9.45. The van der Waals surface area contributed by atoms with Gasteiger partial charge in [-0.15, -0.1) is 0 Å². The van der Waals surface area contributed by atoms with Gasteiger partial charge in [-0.05, 0) is 28.0 Å². The van der Waals surface area contributed by atoms with E-state index in [9.17, 15) is 4.79 Å². The van der Waals surface area contributed by atoms with Gasteiger partial charge < -0.3 is 0 Å². The summed E-state index contributed by atoms with van der Waals surface area (Å²) in [5.74, 6) is -0.170. The topological polar surface area (TPSA) is 32.7 Å². The van der Waals surface area contributed by atoms with E-state index >= 15 is 0 Å². The number of thioether (sulfide) groups is 1. The van der Waals surface area contributed by atoms with Gasteiger partial charge >= 0.3 is 0 Å². The molecule has 0 saturated heterocycles. The molecule has 20 heavy (non-hydrogen) atoms. The third kappa shape index (κ3) is 2.31. The van der Waals surface area contributed by atoms with Crippen molar-refractivity contribution in [1.82, 2.24) is 4.90 Å². The van der Waals surface area contributed by atoms with E-state index in [1.165, 1.54) is 17.3 Å². The molecule has 1 amide bonds. The molecule has 0 bridgehead atoms. The molecule has 1 aromatic rings. The summed E-state index contributed by atoms with van der Waals surface area (Å²) in [6.07, 6.45) is 3.77. The molecule has 3 rings (SSSR count). The van der Waals surface area contributed by atoms with E-state index in [-0.39, 0.29) is 11.3 Å². The zero-order valence-corrected chi connectivity index (χ0v) is 12.6. The molecular formula is C16H16N2OS. The lowest BCUT2D eigenvalue weighted by molar-refractivity contribution is -0.114. The third-order valence-electron chi connectivity index (χ3n) is 3.35. The first-order valence-electron chi connectivity index (χ1n) is 6.53. The Labute approximate surface area is 123 Å². The summed E-state index contributed by atoms with van der Waals surface area (Å²) in [5, 5.41) is 2.68. The fraction of sp³-hybridized carbons (Fsp3) is 0.250. The minimum absolute atomic E-state index is 0.138. The van der Waals surface area contributed by atoms with Crippen molar-refractivity contribution in [2.45, 2.75) is 26.2 Å². The smallest absolute Gasteiger partial charge is 0.290 e. The molecule has 0 fully saturated rings. The summed E-state index contributed by atoms with van der Waals surface area (Å²) in [7, 11) is 0. The maximum Gasteiger partial charge on any atom is 0.296 e. The highest BCUT2D eigenvalue weighted by molar-refractivity contribution is 8.16. The summed E-state index contributed by atoms with van der Waals surface area (Å²) in [5.41, 5.74) is 3.05. The molecule has 4 heteroatoms. The SMILES string of the molecule is CC(C)(C)c1ccc(/C=C2\C(=O)N=C3SC=CN32)cc1. The molecule has 3 nitrogen and oxygen atoms in total. The van der Waals surface area contributed by atoms with Crippen molar-refractivity contribution >= 4 is 28.9 Å². The van der Waals surface area contributed by atoms with Crippen LogP contribution in [0, 0.1) is 0 Å². The van der Waals surface area contributed by atoms with Crippen LogP contribution in [0.3, 0.4) is 0 Å². The fourth-order valence-corrected chi connectivity index (χ4v) is 2.86. The standard InChI is InChI=1S/C16H16N2OS/c1-16(2,3)12-6-4-11(5-7-12)10-13-14(19)17-15-18(13)8-9-20-15/h4-10H,1-3H3/b13-10+. The van der Waals surface area contributed by atoms with Crippen LogP contribution < -0.4 is 0 Å². The van der Waals surface area contributed by atoms with Gasteiger partial charge in [-0.1, -0.05) is 56.8 Å². The average molecular weight is 284 g/mol.